The molecule has 0 saturated carbocycles. The van der Waals surface area contributed by atoms with Crippen LogP contribution in [0.4, 0.5) is 4.79 Å². The van der Waals surface area contributed by atoms with E-state index >= 15 is 0 Å². The third-order valence-electron chi connectivity index (χ3n) is 0.287. The number of carbonyl (C=O) groups is 1. The first-order valence-corrected chi connectivity index (χ1v) is 1.69. The first-order chi connectivity index (χ1) is 2.77. The molecule has 1 amide bonds. The predicted octanol–water partition coefficient (Wildman–Crippen LogP) is -0.785. The van der Waals surface area contributed by atoms with Gasteiger partial charge in [-0.25, -0.2) is 4.79 Å². The molecule has 0 atom stereocenters. The van der Waals surface area contributed by atoms with Gasteiger partial charge in [-0.05, 0) is 6.92 Å². The van der Waals surface area contributed by atoms with E-state index in [0.29, 0.717) is 6.61 Å². The molecule has 0 rings (SSSR count). The first-order valence-electron chi connectivity index (χ1n) is 1.69. The van der Waals surface area contributed by atoms with Gasteiger partial charge in [0, 0.05) is 118 Å². The number of nitrogens with two attached hydrogens (primary N) is 1. The monoisotopic (exact) mass is 197 g/mol. The number of hydrogen-bond acceptors (Lipinski definition) is 2. The average molecular weight is 197 g/mol. The van der Waals surface area contributed by atoms with Gasteiger partial charge in [-0.1, -0.05) is 7.43 Å². The summed E-state index contributed by atoms with van der Waals surface area (Å²) < 4.78 is 4.18. The molecule has 0 aliphatic rings. The number of amides is 1. The van der Waals surface area contributed by atoms with Crippen LogP contribution in [0, 0.1) is 0 Å². The maximum absolute atomic E-state index is 9.60. The van der Waals surface area contributed by atoms with Gasteiger partial charge < -0.3 is 10.5 Å². The zero-order valence-corrected chi connectivity index (χ0v) is 15.6. The van der Waals surface area contributed by atoms with Crippen molar-refractivity contribution < 1.29 is 9.53 Å². The van der Waals surface area contributed by atoms with Crippen molar-refractivity contribution in [3.8, 4) is 0 Å². The third kappa shape index (κ3) is 42.9. The molecule has 0 bridgehead atoms. The van der Waals surface area contributed by atoms with Crippen LogP contribution in [-0.2, 0) is 4.74 Å². The molecular formula is C4H11NNa4O2. The minimum atomic E-state index is -0.711. The van der Waals surface area contributed by atoms with Crippen molar-refractivity contribution in [3.05, 3.63) is 0 Å². The number of ether oxygens (including phenoxy) is 1. The number of carbonyl (C=O) groups excluding carboxylic acids is 1. The van der Waals surface area contributed by atoms with Gasteiger partial charge in [-0.3, -0.25) is 0 Å². The quantitative estimate of drug-likeness (QED) is 0.560. The van der Waals surface area contributed by atoms with Crippen LogP contribution in [0.1, 0.15) is 14.4 Å². The van der Waals surface area contributed by atoms with E-state index in [1.807, 2.05) is 0 Å². The van der Waals surface area contributed by atoms with Crippen LogP contribution >= 0.6 is 0 Å². The van der Waals surface area contributed by atoms with Crippen molar-refractivity contribution in [2.24, 2.45) is 5.73 Å². The molecule has 0 aromatic carbocycles. The Labute approximate surface area is 157 Å². The topological polar surface area (TPSA) is 52.3 Å². The Morgan fingerprint density at radius 1 is 1.27 bits per heavy atom. The molecule has 0 aromatic rings. The fraction of sp³-hybridized carbons (Fsp3) is 0.750. The maximum atomic E-state index is 9.60. The van der Waals surface area contributed by atoms with E-state index in [2.05, 4.69) is 10.5 Å². The van der Waals surface area contributed by atoms with Crippen molar-refractivity contribution in [2.45, 2.75) is 14.4 Å². The smallest absolute Gasteiger partial charge is 0.404 e. The maximum Gasteiger partial charge on any atom is 0.404 e. The van der Waals surface area contributed by atoms with E-state index in [1.54, 1.807) is 6.92 Å². The van der Waals surface area contributed by atoms with Crippen LogP contribution in [-0.4, -0.2) is 131 Å². The summed E-state index contributed by atoms with van der Waals surface area (Å²) in [5.41, 5.74) is 4.54. The molecule has 4 radical (unpaired) electrons. The van der Waals surface area contributed by atoms with E-state index in [9.17, 15) is 4.79 Å². The molecule has 0 aromatic heterocycles. The van der Waals surface area contributed by atoms with E-state index in [0.717, 1.165) is 0 Å². The van der Waals surface area contributed by atoms with Crippen LogP contribution in [0.3, 0.4) is 0 Å². The van der Waals surface area contributed by atoms with Gasteiger partial charge in [-0.2, -0.15) is 0 Å². The second kappa shape index (κ2) is 29.2. The van der Waals surface area contributed by atoms with Gasteiger partial charge in [0.25, 0.3) is 0 Å². The van der Waals surface area contributed by atoms with Crippen LogP contribution in [0.5, 0.6) is 0 Å². The van der Waals surface area contributed by atoms with Crippen LogP contribution in [0.25, 0.3) is 0 Å². The molecule has 2 N–H and O–H groups in total. The summed E-state index contributed by atoms with van der Waals surface area (Å²) in [6.07, 6.45) is -0.711. The zero-order valence-electron chi connectivity index (χ0n) is 7.60. The van der Waals surface area contributed by atoms with Crippen LogP contribution in [0.2, 0.25) is 0 Å². The Hall–Kier alpha value is 3.27. The molecular weight excluding hydrogens is 186 g/mol. The minimum Gasteiger partial charge on any atom is -0.450 e. The van der Waals surface area contributed by atoms with Crippen LogP contribution < -0.4 is 5.73 Å². The molecule has 0 spiro atoms. The Bertz CT molecular complexity index is 64.1. The van der Waals surface area contributed by atoms with Gasteiger partial charge in [-0.15, -0.1) is 0 Å². The third-order valence-corrected chi connectivity index (χ3v) is 0.287. The Kier molecular flexibility index (Phi) is 97.6. The number of rotatable bonds is 1. The fourth-order valence-electron chi connectivity index (χ4n) is 0.142. The molecule has 11 heavy (non-hydrogen) atoms. The average Bonchev–Trinajstić information content (AvgIpc) is 1.35. The van der Waals surface area contributed by atoms with Gasteiger partial charge in [0.2, 0.25) is 0 Å². The van der Waals surface area contributed by atoms with E-state index < -0.39 is 6.09 Å². The number of primary amides is 1. The van der Waals surface area contributed by atoms with Crippen molar-refractivity contribution in [3.63, 3.8) is 0 Å². The minimum absolute atomic E-state index is 0. The van der Waals surface area contributed by atoms with Gasteiger partial charge in [0.05, 0.1) is 6.61 Å². The molecule has 3 nitrogen and oxygen atoms in total. The normalized spacial score (nSPS) is 4.09. The molecule has 0 aliphatic carbocycles. The van der Waals surface area contributed by atoms with Crippen molar-refractivity contribution in [2.75, 3.05) is 6.61 Å². The summed E-state index contributed by atoms with van der Waals surface area (Å²) in [5.74, 6) is 0. The Morgan fingerprint density at radius 3 is 1.55 bits per heavy atom. The summed E-state index contributed by atoms with van der Waals surface area (Å²) in [6.45, 7) is 2.06. The SMILES string of the molecule is C.CCOC(N)=O.[Na].[Na].[Na].[Na]. The summed E-state index contributed by atoms with van der Waals surface area (Å²) >= 11 is 0. The fourth-order valence-corrected chi connectivity index (χ4v) is 0.142. The molecule has 48 valence electrons. The zero-order chi connectivity index (χ0) is 4.99. The molecule has 0 saturated heterocycles. The van der Waals surface area contributed by atoms with Gasteiger partial charge >= 0.3 is 6.09 Å². The standard InChI is InChI=1S/C3H7NO2.CH4.4Na/c1-2-6-3(4)5;;;;;/h2H2,1H3,(H2,4,5);1H4;;;;. The van der Waals surface area contributed by atoms with E-state index in [-0.39, 0.29) is 126 Å². The van der Waals surface area contributed by atoms with E-state index in [4.69, 9.17) is 0 Å². The molecule has 0 unspecified atom stereocenters. The second-order valence-corrected chi connectivity index (χ2v) is 0.752. The predicted molar refractivity (Wildman–Crippen MR) is 51.0 cm³/mol. The first kappa shape index (κ1) is 36.7. The van der Waals surface area contributed by atoms with Gasteiger partial charge in [0.1, 0.15) is 0 Å². The summed E-state index contributed by atoms with van der Waals surface area (Å²) in [6, 6.07) is 0. The Balaban J connectivity index is -0.0000000125. The van der Waals surface area contributed by atoms with Gasteiger partial charge in [0.15, 0.2) is 0 Å². The second-order valence-electron chi connectivity index (χ2n) is 0.752. The largest absolute Gasteiger partial charge is 0.450 e. The molecule has 0 heterocycles. The van der Waals surface area contributed by atoms with Crippen molar-refractivity contribution >= 4 is 124 Å². The Morgan fingerprint density at radius 2 is 1.55 bits per heavy atom. The summed E-state index contributed by atoms with van der Waals surface area (Å²) in [4.78, 5) is 9.60. The number of hydrogen-bond donors (Lipinski definition) is 1. The van der Waals surface area contributed by atoms with Crippen molar-refractivity contribution in [1.29, 1.82) is 0 Å². The molecule has 7 heteroatoms. The summed E-state index contributed by atoms with van der Waals surface area (Å²) in [5, 5.41) is 0. The van der Waals surface area contributed by atoms with Crippen LogP contribution in [0.15, 0.2) is 0 Å². The molecule has 0 fully saturated rings. The molecule has 0 aliphatic heterocycles. The van der Waals surface area contributed by atoms with Crippen molar-refractivity contribution in [1.82, 2.24) is 0 Å². The van der Waals surface area contributed by atoms with E-state index in [1.165, 1.54) is 0 Å². The summed E-state index contributed by atoms with van der Waals surface area (Å²) in [7, 11) is 0.